The van der Waals surface area contributed by atoms with Crippen LogP contribution in [0.1, 0.15) is 18.7 Å². The van der Waals surface area contributed by atoms with Crippen molar-refractivity contribution in [1.82, 2.24) is 14.5 Å². The molecule has 0 amide bonds. The number of rotatable bonds is 2. The van der Waals surface area contributed by atoms with Gasteiger partial charge < -0.3 is 5.11 Å². The van der Waals surface area contributed by atoms with Crippen molar-refractivity contribution in [1.29, 1.82) is 0 Å². The summed E-state index contributed by atoms with van der Waals surface area (Å²) in [5, 5.41) is 9.44. The zero-order valence-electron chi connectivity index (χ0n) is 9.99. The minimum Gasteiger partial charge on any atom is -0.387 e. The normalized spacial score (nSPS) is 12.8. The van der Waals surface area contributed by atoms with E-state index in [9.17, 15) is 5.11 Å². The number of benzene rings is 1. The largest absolute Gasteiger partial charge is 0.387 e. The van der Waals surface area contributed by atoms with E-state index < -0.39 is 6.10 Å². The molecule has 1 N–H and O–H groups in total. The summed E-state index contributed by atoms with van der Waals surface area (Å²) in [5.74, 6) is 0. The fraction of sp³-hybridized carbons (Fsp3) is 0.143. The van der Waals surface area contributed by atoms with Crippen LogP contribution in [0.4, 0.5) is 0 Å². The second-order valence-electron chi connectivity index (χ2n) is 4.22. The summed E-state index contributed by atoms with van der Waals surface area (Å²) in [6.07, 6.45) is 2.98. The van der Waals surface area contributed by atoms with E-state index in [0.29, 0.717) is 5.69 Å². The Labute approximate surface area is 105 Å². The number of nitrogens with zero attached hydrogens (tertiary/aromatic N) is 3. The lowest BCUT2D eigenvalue weighted by Crippen LogP contribution is -1.98. The van der Waals surface area contributed by atoms with Gasteiger partial charge in [-0.25, -0.2) is 4.98 Å². The van der Waals surface area contributed by atoms with E-state index in [-0.39, 0.29) is 0 Å². The maximum atomic E-state index is 9.44. The maximum absolute atomic E-state index is 9.44. The van der Waals surface area contributed by atoms with Gasteiger partial charge in [0.15, 0.2) is 0 Å². The standard InChI is InChI=1S/C14H13N3O/c1-10(18)12-7-6-11(8-15-12)17-9-16-13-4-2-3-5-14(13)17/h2-10,18H,1H3/t10-/m1/s1. The Morgan fingerprint density at radius 1 is 1.11 bits per heavy atom. The van der Waals surface area contributed by atoms with Crippen LogP contribution in [0.25, 0.3) is 16.7 Å². The lowest BCUT2D eigenvalue weighted by atomic mass is 10.2. The Kier molecular flexibility index (Phi) is 2.57. The summed E-state index contributed by atoms with van der Waals surface area (Å²) in [6, 6.07) is 11.7. The highest BCUT2D eigenvalue weighted by Gasteiger charge is 2.06. The van der Waals surface area contributed by atoms with Gasteiger partial charge in [0, 0.05) is 0 Å². The topological polar surface area (TPSA) is 50.9 Å². The molecule has 4 nitrogen and oxygen atoms in total. The number of aliphatic hydroxyl groups excluding tert-OH is 1. The van der Waals surface area contributed by atoms with Gasteiger partial charge in [-0.3, -0.25) is 9.55 Å². The van der Waals surface area contributed by atoms with E-state index in [0.717, 1.165) is 16.7 Å². The smallest absolute Gasteiger partial charge is 0.100 e. The summed E-state index contributed by atoms with van der Waals surface area (Å²) in [4.78, 5) is 8.58. The Hall–Kier alpha value is -2.20. The molecule has 18 heavy (non-hydrogen) atoms. The van der Waals surface area contributed by atoms with Crippen LogP contribution in [0.3, 0.4) is 0 Å². The lowest BCUT2D eigenvalue weighted by Gasteiger charge is -2.06. The second-order valence-corrected chi connectivity index (χ2v) is 4.22. The zero-order valence-corrected chi connectivity index (χ0v) is 9.99. The molecule has 0 radical (unpaired) electrons. The van der Waals surface area contributed by atoms with Crippen molar-refractivity contribution in [2.24, 2.45) is 0 Å². The molecule has 0 aliphatic carbocycles. The molecule has 0 spiro atoms. The second kappa shape index (κ2) is 4.23. The molecular weight excluding hydrogens is 226 g/mol. The molecule has 2 heterocycles. The highest BCUT2D eigenvalue weighted by atomic mass is 16.3. The van der Waals surface area contributed by atoms with Crippen LogP contribution in [-0.4, -0.2) is 19.6 Å². The first kappa shape index (κ1) is 10.9. The van der Waals surface area contributed by atoms with E-state index in [4.69, 9.17) is 0 Å². The number of aliphatic hydroxyl groups is 1. The summed E-state index contributed by atoms with van der Waals surface area (Å²) in [7, 11) is 0. The molecule has 0 aliphatic rings. The zero-order chi connectivity index (χ0) is 12.5. The van der Waals surface area contributed by atoms with E-state index >= 15 is 0 Å². The number of para-hydroxylation sites is 2. The number of imidazole rings is 1. The Balaban J connectivity index is 2.09. The third kappa shape index (κ3) is 1.76. The van der Waals surface area contributed by atoms with Crippen molar-refractivity contribution in [3.05, 3.63) is 54.6 Å². The van der Waals surface area contributed by atoms with Crippen LogP contribution in [0.2, 0.25) is 0 Å². The molecule has 4 heteroatoms. The summed E-state index contributed by atoms with van der Waals surface area (Å²) >= 11 is 0. The van der Waals surface area contributed by atoms with E-state index in [1.807, 2.05) is 41.0 Å². The molecule has 0 saturated heterocycles. The van der Waals surface area contributed by atoms with Crippen molar-refractivity contribution in [3.8, 4) is 5.69 Å². The molecule has 0 aliphatic heterocycles. The summed E-state index contributed by atoms with van der Waals surface area (Å²) < 4.78 is 1.98. The highest BCUT2D eigenvalue weighted by molar-refractivity contribution is 5.77. The fourth-order valence-corrected chi connectivity index (χ4v) is 1.95. The van der Waals surface area contributed by atoms with Crippen molar-refractivity contribution in [2.45, 2.75) is 13.0 Å². The minimum atomic E-state index is -0.543. The van der Waals surface area contributed by atoms with Crippen molar-refractivity contribution in [3.63, 3.8) is 0 Å². The van der Waals surface area contributed by atoms with Crippen LogP contribution in [0.5, 0.6) is 0 Å². The van der Waals surface area contributed by atoms with Gasteiger partial charge in [-0.1, -0.05) is 12.1 Å². The van der Waals surface area contributed by atoms with Gasteiger partial charge in [-0.15, -0.1) is 0 Å². The monoisotopic (exact) mass is 239 g/mol. The molecule has 2 aromatic heterocycles. The van der Waals surface area contributed by atoms with Gasteiger partial charge >= 0.3 is 0 Å². The first-order valence-corrected chi connectivity index (χ1v) is 5.82. The molecule has 3 aromatic rings. The van der Waals surface area contributed by atoms with E-state index in [1.165, 1.54) is 0 Å². The quantitative estimate of drug-likeness (QED) is 0.747. The van der Waals surface area contributed by atoms with Crippen LogP contribution >= 0.6 is 0 Å². The summed E-state index contributed by atoms with van der Waals surface area (Å²) in [6.45, 7) is 1.70. The molecule has 0 bridgehead atoms. The predicted molar refractivity (Wildman–Crippen MR) is 69.5 cm³/mol. The molecule has 1 atom stereocenters. The lowest BCUT2D eigenvalue weighted by molar-refractivity contribution is 0.194. The predicted octanol–water partition coefficient (Wildman–Crippen LogP) is 2.47. The SMILES string of the molecule is C[C@@H](O)c1ccc(-n2cnc3ccccc32)cn1. The Morgan fingerprint density at radius 3 is 2.67 bits per heavy atom. The van der Waals surface area contributed by atoms with Crippen LogP contribution in [-0.2, 0) is 0 Å². The average Bonchev–Trinajstić information content (AvgIpc) is 2.82. The number of aromatic nitrogens is 3. The van der Waals surface area contributed by atoms with Crippen LogP contribution < -0.4 is 0 Å². The van der Waals surface area contributed by atoms with Gasteiger partial charge in [-0.05, 0) is 31.2 Å². The molecule has 0 unspecified atom stereocenters. The number of hydrogen-bond acceptors (Lipinski definition) is 3. The highest BCUT2D eigenvalue weighted by Crippen LogP contribution is 2.18. The van der Waals surface area contributed by atoms with Gasteiger partial charge in [0.2, 0.25) is 0 Å². The number of hydrogen-bond donors (Lipinski definition) is 1. The molecule has 0 saturated carbocycles. The molecular formula is C14H13N3O. The van der Waals surface area contributed by atoms with Crippen molar-refractivity contribution >= 4 is 11.0 Å². The van der Waals surface area contributed by atoms with Gasteiger partial charge in [0.1, 0.15) is 6.33 Å². The minimum absolute atomic E-state index is 0.543. The molecule has 3 rings (SSSR count). The first-order chi connectivity index (χ1) is 8.75. The number of fused-ring (bicyclic) bond motifs is 1. The Morgan fingerprint density at radius 2 is 1.94 bits per heavy atom. The van der Waals surface area contributed by atoms with Crippen molar-refractivity contribution in [2.75, 3.05) is 0 Å². The average molecular weight is 239 g/mol. The van der Waals surface area contributed by atoms with E-state index in [1.54, 1.807) is 19.4 Å². The fourth-order valence-electron chi connectivity index (χ4n) is 1.95. The van der Waals surface area contributed by atoms with Crippen LogP contribution in [0.15, 0.2) is 48.9 Å². The van der Waals surface area contributed by atoms with Crippen LogP contribution in [0, 0.1) is 0 Å². The van der Waals surface area contributed by atoms with Gasteiger partial charge in [-0.2, -0.15) is 0 Å². The van der Waals surface area contributed by atoms with Crippen molar-refractivity contribution < 1.29 is 5.11 Å². The third-order valence-corrected chi connectivity index (χ3v) is 2.93. The first-order valence-electron chi connectivity index (χ1n) is 5.82. The summed E-state index contributed by atoms with van der Waals surface area (Å²) in [5.41, 5.74) is 3.61. The molecule has 90 valence electrons. The maximum Gasteiger partial charge on any atom is 0.100 e. The molecule has 0 fully saturated rings. The number of pyridine rings is 1. The Bertz CT molecular complexity index is 671. The molecule has 1 aromatic carbocycles. The van der Waals surface area contributed by atoms with Gasteiger partial charge in [0.25, 0.3) is 0 Å². The van der Waals surface area contributed by atoms with E-state index in [2.05, 4.69) is 9.97 Å². The third-order valence-electron chi connectivity index (χ3n) is 2.93. The van der Waals surface area contributed by atoms with Gasteiger partial charge in [0.05, 0.1) is 34.7 Å².